The lowest BCUT2D eigenvalue weighted by Gasteiger charge is -2.31. The molecule has 0 fully saturated rings. The Morgan fingerprint density at radius 2 is 2.11 bits per heavy atom. The lowest BCUT2D eigenvalue weighted by atomic mass is 9.93. The first-order valence-corrected chi connectivity index (χ1v) is 13.2. The van der Waals surface area contributed by atoms with Gasteiger partial charge in [-0.3, -0.25) is 9.48 Å². The van der Waals surface area contributed by atoms with Crippen molar-refractivity contribution in [1.29, 1.82) is 0 Å². The largest absolute Gasteiger partial charge is 0.465 e. The molecule has 2 aromatic heterocycles. The van der Waals surface area contributed by atoms with Crippen LogP contribution in [0.25, 0.3) is 0 Å². The van der Waals surface area contributed by atoms with Crippen molar-refractivity contribution in [2.24, 2.45) is 0 Å². The maximum atomic E-state index is 13.7. The molecular formula is C23H25BClFN4O5S. The quantitative estimate of drug-likeness (QED) is 0.323. The summed E-state index contributed by atoms with van der Waals surface area (Å²) in [4.78, 5) is 16.1. The van der Waals surface area contributed by atoms with E-state index in [0.717, 1.165) is 23.7 Å². The molecule has 0 unspecified atom stereocenters. The summed E-state index contributed by atoms with van der Waals surface area (Å²) in [5.41, 5.74) is 2.06. The Labute approximate surface area is 214 Å². The number of benzene rings is 1. The molecule has 1 aromatic carbocycles. The number of carbonyl (C=O) groups is 1. The van der Waals surface area contributed by atoms with Gasteiger partial charge in [-0.1, -0.05) is 11.6 Å². The second-order valence-electron chi connectivity index (χ2n) is 8.41. The van der Waals surface area contributed by atoms with Crippen molar-refractivity contribution in [3.63, 3.8) is 0 Å². The Kier molecular flexibility index (Phi) is 7.67. The summed E-state index contributed by atoms with van der Waals surface area (Å²) in [7, 11) is -0.739. The molecule has 0 radical (unpaired) electrons. The lowest BCUT2D eigenvalue weighted by molar-refractivity contribution is -0.144. The Bertz CT molecular complexity index is 1400. The Hall–Kier alpha value is -2.96. The molecule has 190 valence electrons. The highest BCUT2D eigenvalue weighted by molar-refractivity contribution is 7.89. The third-order valence-electron chi connectivity index (χ3n) is 6.04. The molecule has 1 aliphatic carbocycles. The summed E-state index contributed by atoms with van der Waals surface area (Å²) in [5, 5.41) is 4.28. The number of carbonyl (C=O) groups excluding carboxylic acids is 1. The van der Waals surface area contributed by atoms with Crippen LogP contribution in [-0.4, -0.2) is 55.0 Å². The predicted octanol–water partition coefficient (Wildman–Crippen LogP) is 2.38. The fourth-order valence-electron chi connectivity index (χ4n) is 4.21. The Morgan fingerprint density at radius 3 is 2.81 bits per heavy atom. The van der Waals surface area contributed by atoms with Gasteiger partial charge in [0.25, 0.3) is 0 Å². The zero-order valence-corrected chi connectivity index (χ0v) is 21.6. The number of aromatic nitrogens is 3. The molecule has 1 aliphatic rings. The first-order valence-electron chi connectivity index (χ1n) is 11.4. The molecule has 36 heavy (non-hydrogen) atoms. The molecule has 0 saturated heterocycles. The van der Waals surface area contributed by atoms with Crippen molar-refractivity contribution in [2.45, 2.75) is 43.7 Å². The molecule has 13 heteroatoms. The molecule has 1 atom stereocenters. The van der Waals surface area contributed by atoms with E-state index >= 15 is 0 Å². The van der Waals surface area contributed by atoms with Gasteiger partial charge in [-0.15, -0.1) is 0 Å². The van der Waals surface area contributed by atoms with Gasteiger partial charge in [0.15, 0.2) is 0 Å². The number of hydrogen-bond donors (Lipinski definition) is 0. The third-order valence-corrected chi connectivity index (χ3v) is 8.18. The number of fused-ring (bicyclic) bond motifs is 1. The van der Waals surface area contributed by atoms with Crippen LogP contribution < -0.4 is 10.2 Å². The molecule has 0 amide bonds. The topological polar surface area (TPSA) is 104 Å². The van der Waals surface area contributed by atoms with Crippen LogP contribution in [0.15, 0.2) is 41.6 Å². The predicted molar refractivity (Wildman–Crippen MR) is 133 cm³/mol. The van der Waals surface area contributed by atoms with Crippen LogP contribution >= 0.6 is 11.6 Å². The minimum Gasteiger partial charge on any atom is -0.465 e. The molecular weight excluding hydrogens is 510 g/mol. The van der Waals surface area contributed by atoms with E-state index in [0.29, 0.717) is 18.3 Å². The van der Waals surface area contributed by atoms with Crippen LogP contribution in [-0.2, 0) is 32.5 Å². The van der Waals surface area contributed by atoms with Crippen LogP contribution in [0.5, 0.6) is 11.6 Å². The van der Waals surface area contributed by atoms with Gasteiger partial charge in [0.2, 0.25) is 15.9 Å². The number of nitrogens with zero attached hydrogens (tertiary/aromatic N) is 4. The maximum Gasteiger partial charge on any atom is 0.327 e. The first kappa shape index (κ1) is 26.1. The molecule has 0 bridgehead atoms. The number of sulfonamides is 1. The Balaban J connectivity index is 1.56. The summed E-state index contributed by atoms with van der Waals surface area (Å²) in [6.45, 7) is 1.99. The average Bonchev–Trinajstić information content (AvgIpc) is 3.25. The summed E-state index contributed by atoms with van der Waals surface area (Å²) in [6, 6.07) is 5.01. The normalized spacial score (nSPS) is 15.5. The highest BCUT2D eigenvalue weighted by atomic mass is 35.5. The fraction of sp³-hybridized carbons (Fsp3) is 0.348. The zero-order chi connectivity index (χ0) is 26.0. The van der Waals surface area contributed by atoms with Crippen molar-refractivity contribution in [2.75, 3.05) is 13.7 Å². The highest BCUT2D eigenvalue weighted by Crippen LogP contribution is 2.36. The van der Waals surface area contributed by atoms with Crippen LogP contribution in [0, 0.1) is 5.82 Å². The van der Waals surface area contributed by atoms with Crippen molar-refractivity contribution in [3.05, 3.63) is 58.8 Å². The van der Waals surface area contributed by atoms with Crippen molar-refractivity contribution in [1.82, 2.24) is 19.1 Å². The number of halogens is 2. The van der Waals surface area contributed by atoms with Crippen molar-refractivity contribution >= 4 is 40.9 Å². The van der Waals surface area contributed by atoms with Gasteiger partial charge in [-0.2, -0.15) is 9.40 Å². The maximum absolute atomic E-state index is 13.7. The van der Waals surface area contributed by atoms with E-state index in [9.17, 15) is 17.6 Å². The minimum atomic E-state index is -3.92. The molecule has 3 aromatic rings. The van der Waals surface area contributed by atoms with Gasteiger partial charge in [-0.05, 0) is 49.8 Å². The van der Waals surface area contributed by atoms with Crippen LogP contribution in [0.2, 0.25) is 5.02 Å². The second-order valence-corrected chi connectivity index (χ2v) is 10.8. The van der Waals surface area contributed by atoms with E-state index < -0.39 is 27.9 Å². The number of pyridine rings is 1. The average molecular weight is 535 g/mol. The summed E-state index contributed by atoms with van der Waals surface area (Å²) in [5.74, 6) is -0.685. The standard InChI is InChI=1S/C23H25BClFN4O5S/c1-3-34-22(31)13-30-21-6-4-5-20(16(21)12-28-30)29(2)36(32,33)15-10-17(24)23(27-11-15)35-14-7-8-18(25)19(26)9-14/h7-12,20H,3-6,13,24H2,1-2H3/t20-/m1/s1. The number of ether oxygens (including phenoxy) is 2. The molecule has 0 saturated carbocycles. The minimum absolute atomic E-state index is 0.00294. The highest BCUT2D eigenvalue weighted by Gasteiger charge is 2.34. The molecule has 4 rings (SSSR count). The fourth-order valence-corrected chi connectivity index (χ4v) is 5.72. The number of hydrogen-bond acceptors (Lipinski definition) is 7. The van der Waals surface area contributed by atoms with E-state index in [4.69, 9.17) is 21.1 Å². The third kappa shape index (κ3) is 5.25. The smallest absolute Gasteiger partial charge is 0.327 e. The van der Waals surface area contributed by atoms with E-state index in [-0.39, 0.29) is 34.7 Å². The summed E-state index contributed by atoms with van der Waals surface area (Å²) >= 11 is 5.70. The van der Waals surface area contributed by atoms with Crippen LogP contribution in [0.4, 0.5) is 4.39 Å². The SMILES string of the molecule is Bc1cc(S(=O)(=O)N(C)[C@@H]2CCCc3c2cnn3CC(=O)OCC)cnc1Oc1ccc(Cl)c(F)c1. The van der Waals surface area contributed by atoms with Gasteiger partial charge in [-0.25, -0.2) is 17.8 Å². The number of rotatable bonds is 8. The van der Waals surface area contributed by atoms with Crippen molar-refractivity contribution < 1.29 is 27.1 Å². The monoisotopic (exact) mass is 534 g/mol. The van der Waals surface area contributed by atoms with Gasteiger partial charge in [0.1, 0.15) is 30.9 Å². The second kappa shape index (κ2) is 10.6. The number of esters is 1. The van der Waals surface area contributed by atoms with E-state index in [1.54, 1.807) is 25.6 Å². The van der Waals surface area contributed by atoms with E-state index in [1.807, 2.05) is 0 Å². The van der Waals surface area contributed by atoms with Gasteiger partial charge in [0.05, 0.1) is 30.1 Å². The van der Waals surface area contributed by atoms with Crippen LogP contribution in [0.1, 0.15) is 37.1 Å². The lowest BCUT2D eigenvalue weighted by Crippen LogP contribution is -2.34. The summed E-state index contributed by atoms with van der Waals surface area (Å²) < 4.78 is 54.2. The van der Waals surface area contributed by atoms with E-state index in [2.05, 4.69) is 10.1 Å². The molecule has 0 spiro atoms. The van der Waals surface area contributed by atoms with Gasteiger partial charge in [0, 0.05) is 24.4 Å². The van der Waals surface area contributed by atoms with Crippen molar-refractivity contribution in [3.8, 4) is 11.6 Å². The first-order chi connectivity index (χ1) is 17.1. The van der Waals surface area contributed by atoms with Crippen LogP contribution in [0.3, 0.4) is 0 Å². The van der Waals surface area contributed by atoms with E-state index in [1.165, 1.54) is 35.7 Å². The Morgan fingerprint density at radius 1 is 1.33 bits per heavy atom. The summed E-state index contributed by atoms with van der Waals surface area (Å²) in [6.07, 6.45) is 4.89. The molecule has 0 aliphatic heterocycles. The zero-order valence-electron chi connectivity index (χ0n) is 20.1. The van der Waals surface area contributed by atoms with Gasteiger partial charge >= 0.3 is 5.97 Å². The molecule has 2 heterocycles. The molecule has 9 nitrogen and oxygen atoms in total. The molecule has 0 N–H and O–H groups in total. The van der Waals surface area contributed by atoms with Gasteiger partial charge < -0.3 is 9.47 Å².